The van der Waals surface area contributed by atoms with Crippen molar-refractivity contribution in [3.63, 3.8) is 0 Å². The third-order valence-electron chi connectivity index (χ3n) is 2.12. The molecule has 0 radical (unpaired) electrons. The standard InChI is InChI=1S/C6H9NO4/c8-2-1-11-6-3(4(2)9)5(10)7-6/h2-4,6,8-9H,1H2,(H,7,10). The number of aliphatic hydroxyl groups is 2. The molecule has 0 spiro atoms. The molecule has 2 aliphatic rings. The van der Waals surface area contributed by atoms with Crippen molar-refractivity contribution >= 4 is 5.91 Å². The minimum absolute atomic E-state index is 0.0859. The summed E-state index contributed by atoms with van der Waals surface area (Å²) in [5.41, 5.74) is 0. The van der Waals surface area contributed by atoms with Gasteiger partial charge in [0.2, 0.25) is 5.91 Å². The molecular formula is C6H9NO4. The first kappa shape index (κ1) is 7.02. The lowest BCUT2D eigenvalue weighted by atomic mass is 9.87. The van der Waals surface area contributed by atoms with Crippen LogP contribution in [-0.2, 0) is 9.53 Å². The highest BCUT2D eigenvalue weighted by atomic mass is 16.5. The molecule has 3 N–H and O–H groups in total. The highest BCUT2D eigenvalue weighted by molar-refractivity contribution is 5.86. The topological polar surface area (TPSA) is 78.8 Å². The molecular weight excluding hydrogens is 150 g/mol. The molecule has 2 fully saturated rings. The van der Waals surface area contributed by atoms with Gasteiger partial charge in [0.05, 0.1) is 12.7 Å². The van der Waals surface area contributed by atoms with Crippen LogP contribution in [0.25, 0.3) is 0 Å². The third kappa shape index (κ3) is 0.852. The Kier molecular flexibility index (Phi) is 1.38. The van der Waals surface area contributed by atoms with Gasteiger partial charge >= 0.3 is 0 Å². The van der Waals surface area contributed by atoms with Gasteiger partial charge in [-0.15, -0.1) is 0 Å². The smallest absolute Gasteiger partial charge is 0.232 e. The first-order valence-corrected chi connectivity index (χ1v) is 3.48. The average molecular weight is 159 g/mol. The maximum atomic E-state index is 10.8. The number of hydrogen-bond donors (Lipinski definition) is 3. The van der Waals surface area contributed by atoms with Crippen LogP contribution in [0.15, 0.2) is 0 Å². The summed E-state index contributed by atoms with van der Waals surface area (Å²) in [5, 5.41) is 20.8. The van der Waals surface area contributed by atoms with Crippen LogP contribution in [0.1, 0.15) is 0 Å². The summed E-state index contributed by atoms with van der Waals surface area (Å²) < 4.78 is 4.99. The summed E-state index contributed by atoms with van der Waals surface area (Å²) in [6.45, 7) is 0.0859. The molecule has 0 saturated carbocycles. The summed E-state index contributed by atoms with van der Waals surface area (Å²) in [6, 6.07) is 0. The van der Waals surface area contributed by atoms with Crippen LogP contribution >= 0.6 is 0 Å². The molecule has 0 bridgehead atoms. The van der Waals surface area contributed by atoms with Gasteiger partial charge in [0, 0.05) is 0 Å². The Bertz CT molecular complexity index is 195. The summed E-state index contributed by atoms with van der Waals surface area (Å²) >= 11 is 0. The molecule has 2 heterocycles. The molecule has 0 aromatic heterocycles. The Morgan fingerprint density at radius 2 is 2.27 bits per heavy atom. The van der Waals surface area contributed by atoms with E-state index in [1.807, 2.05) is 0 Å². The lowest BCUT2D eigenvalue weighted by Crippen LogP contribution is -2.69. The zero-order valence-corrected chi connectivity index (χ0v) is 5.73. The molecule has 4 unspecified atom stereocenters. The van der Waals surface area contributed by atoms with Crippen LogP contribution in [0.3, 0.4) is 0 Å². The molecule has 1 amide bonds. The first-order chi connectivity index (χ1) is 5.20. The molecule has 5 nitrogen and oxygen atoms in total. The van der Waals surface area contributed by atoms with Gasteiger partial charge in [0.15, 0.2) is 0 Å². The molecule has 2 aliphatic heterocycles. The molecule has 0 aliphatic carbocycles. The second-order valence-corrected chi connectivity index (χ2v) is 2.85. The van der Waals surface area contributed by atoms with Crippen molar-refractivity contribution in [3.05, 3.63) is 0 Å². The van der Waals surface area contributed by atoms with Gasteiger partial charge in [0.25, 0.3) is 0 Å². The SMILES string of the molecule is O=C1NC2OCC(O)C(O)C12. The molecule has 11 heavy (non-hydrogen) atoms. The van der Waals surface area contributed by atoms with Gasteiger partial charge < -0.3 is 20.3 Å². The van der Waals surface area contributed by atoms with Gasteiger partial charge in [-0.25, -0.2) is 0 Å². The monoisotopic (exact) mass is 159 g/mol. The Morgan fingerprint density at radius 1 is 1.55 bits per heavy atom. The van der Waals surface area contributed by atoms with Gasteiger partial charge in [0.1, 0.15) is 18.2 Å². The predicted molar refractivity (Wildman–Crippen MR) is 33.4 cm³/mol. The number of rotatable bonds is 0. The maximum absolute atomic E-state index is 10.8. The number of aliphatic hydroxyl groups excluding tert-OH is 2. The molecule has 0 aromatic rings. The Labute approximate surface area is 63.0 Å². The van der Waals surface area contributed by atoms with Crippen molar-refractivity contribution in [1.29, 1.82) is 0 Å². The Morgan fingerprint density at radius 3 is 2.82 bits per heavy atom. The van der Waals surface area contributed by atoms with Crippen LogP contribution in [0.2, 0.25) is 0 Å². The second-order valence-electron chi connectivity index (χ2n) is 2.85. The number of amides is 1. The van der Waals surface area contributed by atoms with E-state index in [0.717, 1.165) is 0 Å². The Balaban J connectivity index is 2.10. The van der Waals surface area contributed by atoms with Gasteiger partial charge in [-0.2, -0.15) is 0 Å². The maximum Gasteiger partial charge on any atom is 0.232 e. The van der Waals surface area contributed by atoms with Crippen LogP contribution in [-0.4, -0.2) is 41.2 Å². The summed E-state index contributed by atoms with van der Waals surface area (Å²) in [6.07, 6.45) is -2.29. The fourth-order valence-corrected chi connectivity index (χ4v) is 1.39. The fraction of sp³-hybridized carbons (Fsp3) is 0.833. The van der Waals surface area contributed by atoms with Crippen molar-refractivity contribution in [2.24, 2.45) is 5.92 Å². The Hall–Kier alpha value is -0.650. The number of hydrogen-bond acceptors (Lipinski definition) is 4. The molecule has 4 atom stereocenters. The van der Waals surface area contributed by atoms with Crippen molar-refractivity contribution < 1.29 is 19.7 Å². The summed E-state index contributed by atoms with van der Waals surface area (Å²) in [7, 11) is 0. The van der Waals surface area contributed by atoms with Crippen LogP contribution < -0.4 is 5.32 Å². The lowest BCUT2D eigenvalue weighted by Gasteiger charge is -2.44. The summed E-state index contributed by atoms with van der Waals surface area (Å²) in [5.74, 6) is -0.819. The van der Waals surface area contributed by atoms with Crippen LogP contribution in [0, 0.1) is 5.92 Å². The van der Waals surface area contributed by atoms with Crippen molar-refractivity contribution in [2.75, 3.05) is 6.61 Å². The largest absolute Gasteiger partial charge is 0.389 e. The summed E-state index contributed by atoms with van der Waals surface area (Å²) in [4.78, 5) is 10.8. The zero-order valence-electron chi connectivity index (χ0n) is 5.73. The van der Waals surface area contributed by atoms with E-state index in [1.54, 1.807) is 0 Å². The van der Waals surface area contributed by atoms with E-state index in [1.165, 1.54) is 0 Å². The third-order valence-corrected chi connectivity index (χ3v) is 2.12. The van der Waals surface area contributed by atoms with Crippen molar-refractivity contribution in [2.45, 2.75) is 18.4 Å². The molecule has 2 rings (SSSR count). The number of nitrogens with one attached hydrogen (secondary N) is 1. The van der Waals surface area contributed by atoms with E-state index in [9.17, 15) is 9.90 Å². The molecule has 62 valence electrons. The number of fused-ring (bicyclic) bond motifs is 1. The number of carbonyl (C=O) groups is 1. The minimum Gasteiger partial charge on any atom is -0.389 e. The van der Waals surface area contributed by atoms with E-state index in [-0.39, 0.29) is 18.7 Å². The number of β-lactam (4-membered cyclic amide) rings is 1. The zero-order chi connectivity index (χ0) is 8.01. The highest BCUT2D eigenvalue weighted by Crippen LogP contribution is 2.26. The molecule has 5 heteroatoms. The fourth-order valence-electron chi connectivity index (χ4n) is 1.39. The van der Waals surface area contributed by atoms with E-state index in [2.05, 4.69) is 5.32 Å². The lowest BCUT2D eigenvalue weighted by molar-refractivity contribution is -0.205. The van der Waals surface area contributed by atoms with E-state index in [0.29, 0.717) is 0 Å². The minimum atomic E-state index is -0.970. The van der Waals surface area contributed by atoms with E-state index < -0.39 is 18.1 Å². The highest BCUT2D eigenvalue weighted by Gasteiger charge is 2.50. The van der Waals surface area contributed by atoms with Gasteiger partial charge in [-0.05, 0) is 0 Å². The normalized spacial score (nSPS) is 49.1. The number of carbonyl (C=O) groups excluding carboxylic acids is 1. The molecule has 2 saturated heterocycles. The van der Waals surface area contributed by atoms with Crippen LogP contribution in [0.5, 0.6) is 0 Å². The van der Waals surface area contributed by atoms with Gasteiger partial charge in [-0.1, -0.05) is 0 Å². The van der Waals surface area contributed by atoms with Gasteiger partial charge in [-0.3, -0.25) is 4.79 Å². The van der Waals surface area contributed by atoms with E-state index >= 15 is 0 Å². The van der Waals surface area contributed by atoms with Crippen molar-refractivity contribution in [1.82, 2.24) is 5.32 Å². The quantitative estimate of drug-likeness (QED) is 0.351. The van der Waals surface area contributed by atoms with Crippen LogP contribution in [0.4, 0.5) is 0 Å². The number of ether oxygens (including phenoxy) is 1. The average Bonchev–Trinajstić information content (AvgIpc) is 1.94. The van der Waals surface area contributed by atoms with E-state index in [4.69, 9.17) is 9.84 Å². The molecule has 0 aromatic carbocycles. The predicted octanol–water partition coefficient (Wildman–Crippen LogP) is -2.19. The second kappa shape index (κ2) is 2.17. The first-order valence-electron chi connectivity index (χ1n) is 3.48. The van der Waals surface area contributed by atoms with Crippen molar-refractivity contribution in [3.8, 4) is 0 Å².